The molecule has 0 aliphatic rings. The van der Waals surface area contributed by atoms with E-state index in [0.717, 1.165) is 5.56 Å². The van der Waals surface area contributed by atoms with Crippen LogP contribution in [-0.2, 0) is 4.79 Å². The minimum atomic E-state index is -0.161. The van der Waals surface area contributed by atoms with Crippen molar-refractivity contribution in [3.8, 4) is 0 Å². The molecule has 0 saturated carbocycles. The molecule has 0 aromatic heterocycles. The SMILES string of the molecule is CN(C)C(CNC(=O)CCC(=O)c1ccc(Cl)cc1)c1ccccc1Cl. The summed E-state index contributed by atoms with van der Waals surface area (Å²) in [7, 11) is 3.87. The Morgan fingerprint density at radius 1 is 1.00 bits per heavy atom. The van der Waals surface area contributed by atoms with Gasteiger partial charge in [0.15, 0.2) is 5.78 Å². The Balaban J connectivity index is 1.87. The molecule has 0 radical (unpaired) electrons. The lowest BCUT2D eigenvalue weighted by Gasteiger charge is -2.26. The molecule has 0 heterocycles. The Hall–Kier alpha value is -1.88. The maximum Gasteiger partial charge on any atom is 0.220 e. The highest BCUT2D eigenvalue weighted by molar-refractivity contribution is 6.31. The molecule has 0 bridgehead atoms. The summed E-state index contributed by atoms with van der Waals surface area (Å²) in [6.07, 6.45) is 0.302. The lowest BCUT2D eigenvalue weighted by atomic mass is 10.0. The summed E-state index contributed by atoms with van der Waals surface area (Å²) >= 11 is 12.1. The van der Waals surface area contributed by atoms with Gasteiger partial charge in [0.1, 0.15) is 0 Å². The van der Waals surface area contributed by atoms with Crippen molar-refractivity contribution in [2.75, 3.05) is 20.6 Å². The van der Waals surface area contributed by atoms with Gasteiger partial charge >= 0.3 is 0 Å². The smallest absolute Gasteiger partial charge is 0.220 e. The highest BCUT2D eigenvalue weighted by Gasteiger charge is 2.18. The Morgan fingerprint density at radius 2 is 1.65 bits per heavy atom. The number of rotatable bonds is 8. The van der Waals surface area contributed by atoms with Gasteiger partial charge in [-0.25, -0.2) is 0 Å². The number of halogens is 2. The largest absolute Gasteiger partial charge is 0.354 e. The Kier molecular flexibility index (Phi) is 7.64. The highest BCUT2D eigenvalue weighted by Crippen LogP contribution is 2.25. The van der Waals surface area contributed by atoms with Crippen LogP contribution in [0.4, 0.5) is 0 Å². The topological polar surface area (TPSA) is 49.4 Å². The molecule has 0 fully saturated rings. The zero-order valence-corrected chi connectivity index (χ0v) is 16.3. The number of nitrogens with zero attached hydrogens (tertiary/aromatic N) is 1. The number of hydrogen-bond donors (Lipinski definition) is 1. The molecule has 2 aromatic carbocycles. The van der Waals surface area contributed by atoms with Crippen LogP contribution in [0.3, 0.4) is 0 Å². The van der Waals surface area contributed by atoms with Gasteiger partial charge < -0.3 is 10.2 Å². The number of amides is 1. The first-order valence-electron chi connectivity index (χ1n) is 8.35. The van der Waals surface area contributed by atoms with Gasteiger partial charge in [0.25, 0.3) is 0 Å². The van der Waals surface area contributed by atoms with Crippen molar-refractivity contribution in [3.05, 3.63) is 69.7 Å². The zero-order chi connectivity index (χ0) is 19.1. The van der Waals surface area contributed by atoms with Crippen LogP contribution in [0, 0.1) is 0 Å². The van der Waals surface area contributed by atoms with Crippen molar-refractivity contribution in [3.63, 3.8) is 0 Å². The van der Waals surface area contributed by atoms with Gasteiger partial charge in [0.2, 0.25) is 5.91 Å². The van der Waals surface area contributed by atoms with Crippen LogP contribution in [0.2, 0.25) is 10.0 Å². The van der Waals surface area contributed by atoms with Crippen molar-refractivity contribution < 1.29 is 9.59 Å². The molecule has 0 saturated heterocycles. The molecule has 1 N–H and O–H groups in total. The van der Waals surface area contributed by atoms with Gasteiger partial charge in [-0.3, -0.25) is 9.59 Å². The van der Waals surface area contributed by atoms with Gasteiger partial charge in [-0.1, -0.05) is 41.4 Å². The predicted molar refractivity (Wildman–Crippen MR) is 106 cm³/mol. The van der Waals surface area contributed by atoms with E-state index in [0.29, 0.717) is 22.2 Å². The number of Topliss-reactive ketones (excluding diaryl/α,β-unsaturated/α-hetero) is 1. The number of carbonyl (C=O) groups excluding carboxylic acids is 2. The van der Waals surface area contributed by atoms with E-state index in [-0.39, 0.29) is 30.6 Å². The molecule has 1 atom stereocenters. The Labute approximate surface area is 164 Å². The predicted octanol–water partition coefficient (Wildman–Crippen LogP) is 4.38. The maximum absolute atomic E-state index is 12.1. The second-order valence-corrected chi connectivity index (χ2v) is 7.08. The van der Waals surface area contributed by atoms with Crippen LogP contribution >= 0.6 is 23.2 Å². The number of likely N-dealkylation sites (N-methyl/N-ethyl adjacent to an activating group) is 1. The fourth-order valence-corrected chi connectivity index (χ4v) is 3.01. The quantitative estimate of drug-likeness (QED) is 0.678. The first-order valence-corrected chi connectivity index (χ1v) is 9.10. The van der Waals surface area contributed by atoms with E-state index in [2.05, 4.69) is 5.32 Å². The molecule has 1 amide bonds. The van der Waals surface area contributed by atoms with Gasteiger partial charge in [-0.05, 0) is 50.0 Å². The molecule has 4 nitrogen and oxygen atoms in total. The number of hydrogen-bond acceptors (Lipinski definition) is 3. The van der Waals surface area contributed by atoms with E-state index < -0.39 is 0 Å². The summed E-state index contributed by atoms with van der Waals surface area (Å²) in [5, 5.41) is 4.14. The van der Waals surface area contributed by atoms with Crippen molar-refractivity contribution in [2.24, 2.45) is 0 Å². The van der Waals surface area contributed by atoms with Gasteiger partial charge in [0, 0.05) is 35.0 Å². The van der Waals surface area contributed by atoms with E-state index in [1.165, 1.54) is 0 Å². The van der Waals surface area contributed by atoms with Gasteiger partial charge in [-0.15, -0.1) is 0 Å². The maximum atomic E-state index is 12.1. The normalized spacial score (nSPS) is 12.0. The van der Waals surface area contributed by atoms with E-state index in [1.807, 2.05) is 43.3 Å². The monoisotopic (exact) mass is 392 g/mol. The zero-order valence-electron chi connectivity index (χ0n) is 14.8. The molecular weight excluding hydrogens is 371 g/mol. The molecule has 2 rings (SSSR count). The minimum absolute atomic E-state index is 0.0420. The molecule has 1 unspecified atom stereocenters. The summed E-state index contributed by atoms with van der Waals surface area (Å²) < 4.78 is 0. The minimum Gasteiger partial charge on any atom is -0.354 e. The molecule has 138 valence electrons. The molecule has 0 spiro atoms. The lowest BCUT2D eigenvalue weighted by Crippen LogP contribution is -2.34. The standard InChI is InChI=1S/C20H22Cl2N2O2/c1-24(2)18(16-5-3-4-6-17(16)22)13-23-20(26)12-11-19(25)14-7-9-15(21)10-8-14/h3-10,18H,11-13H2,1-2H3,(H,23,26). The Bertz CT molecular complexity index is 761. The van der Waals surface area contributed by atoms with Crippen molar-refractivity contribution in [2.45, 2.75) is 18.9 Å². The van der Waals surface area contributed by atoms with Gasteiger partial charge in [-0.2, -0.15) is 0 Å². The fourth-order valence-electron chi connectivity index (χ4n) is 2.62. The van der Waals surface area contributed by atoms with Crippen LogP contribution in [0.5, 0.6) is 0 Å². The third-order valence-electron chi connectivity index (χ3n) is 4.13. The summed E-state index contributed by atoms with van der Waals surface area (Å²) in [5.41, 5.74) is 1.51. The van der Waals surface area contributed by atoms with Gasteiger partial charge in [0.05, 0.1) is 6.04 Å². The first kappa shape index (κ1) is 20.4. The number of ketones is 1. The summed E-state index contributed by atoms with van der Waals surface area (Å²) in [4.78, 5) is 26.3. The molecule has 0 aliphatic heterocycles. The van der Waals surface area contributed by atoms with E-state index >= 15 is 0 Å². The van der Waals surface area contributed by atoms with Crippen LogP contribution in [0.1, 0.15) is 34.8 Å². The second kappa shape index (κ2) is 9.72. The van der Waals surface area contributed by atoms with Crippen molar-refractivity contribution >= 4 is 34.9 Å². The van der Waals surface area contributed by atoms with Crippen LogP contribution in [0.25, 0.3) is 0 Å². The van der Waals surface area contributed by atoms with Crippen molar-refractivity contribution in [1.82, 2.24) is 10.2 Å². The molecular formula is C20H22Cl2N2O2. The third kappa shape index (κ3) is 5.84. The highest BCUT2D eigenvalue weighted by atomic mass is 35.5. The number of nitrogens with one attached hydrogen (secondary N) is 1. The Morgan fingerprint density at radius 3 is 2.27 bits per heavy atom. The second-order valence-electron chi connectivity index (χ2n) is 6.24. The summed E-state index contributed by atoms with van der Waals surface area (Å²) in [5.74, 6) is -0.238. The molecule has 0 aliphatic carbocycles. The summed E-state index contributed by atoms with van der Waals surface area (Å²) in [6, 6.07) is 14.2. The van der Waals surface area contributed by atoms with E-state index in [1.54, 1.807) is 24.3 Å². The molecule has 6 heteroatoms. The number of benzene rings is 2. The van der Waals surface area contributed by atoms with Crippen molar-refractivity contribution in [1.29, 1.82) is 0 Å². The first-order chi connectivity index (χ1) is 12.4. The van der Waals surface area contributed by atoms with E-state index in [4.69, 9.17) is 23.2 Å². The van der Waals surface area contributed by atoms with Crippen LogP contribution in [-0.4, -0.2) is 37.2 Å². The molecule has 2 aromatic rings. The third-order valence-corrected chi connectivity index (χ3v) is 4.72. The van der Waals surface area contributed by atoms with E-state index in [9.17, 15) is 9.59 Å². The lowest BCUT2D eigenvalue weighted by molar-refractivity contribution is -0.121. The van der Waals surface area contributed by atoms with Crippen LogP contribution in [0.15, 0.2) is 48.5 Å². The average molecular weight is 393 g/mol. The fraction of sp³-hybridized carbons (Fsp3) is 0.300. The average Bonchev–Trinajstić information content (AvgIpc) is 2.61. The van der Waals surface area contributed by atoms with Crippen LogP contribution < -0.4 is 5.32 Å². The summed E-state index contributed by atoms with van der Waals surface area (Å²) in [6.45, 7) is 0.421. The number of carbonyl (C=O) groups is 2. The molecule has 26 heavy (non-hydrogen) atoms.